The molecular weight excluding hydrogens is 268 g/mol. The monoisotopic (exact) mass is 288 g/mol. The number of benzene rings is 1. The van der Waals surface area contributed by atoms with Gasteiger partial charge in [0, 0.05) is 19.5 Å². The maximum atomic E-state index is 12.1. The minimum Gasteiger partial charge on any atom is -0.497 e. The molecule has 5 nitrogen and oxygen atoms in total. The van der Waals surface area contributed by atoms with Gasteiger partial charge in [-0.05, 0) is 31.0 Å². The third-order valence-electron chi connectivity index (χ3n) is 3.29. The summed E-state index contributed by atoms with van der Waals surface area (Å²) in [5.74, 6) is 1.67. The summed E-state index contributed by atoms with van der Waals surface area (Å²) >= 11 is 0. The van der Waals surface area contributed by atoms with E-state index in [1.165, 1.54) is 0 Å². The van der Waals surface area contributed by atoms with Gasteiger partial charge in [-0.2, -0.15) is 0 Å². The number of hydrogen-bond acceptors (Lipinski definition) is 4. The molecule has 1 aromatic heterocycles. The Morgan fingerprint density at radius 1 is 1.33 bits per heavy atom. The van der Waals surface area contributed by atoms with Crippen LogP contribution in [0.2, 0.25) is 0 Å². The standard InChI is InChI=1S/C16H20N2O3/c1-12-10-14(17-21-12)11-18(2)16(19)9-6-13-4-7-15(20-3)8-5-13/h4-5,7-8,10H,6,9,11H2,1-3H3. The topological polar surface area (TPSA) is 55.6 Å². The van der Waals surface area contributed by atoms with Crippen LogP contribution in [0, 0.1) is 6.92 Å². The summed E-state index contributed by atoms with van der Waals surface area (Å²) in [7, 11) is 3.42. The zero-order valence-electron chi connectivity index (χ0n) is 12.6. The highest BCUT2D eigenvalue weighted by Crippen LogP contribution is 2.13. The van der Waals surface area contributed by atoms with Gasteiger partial charge in [0.25, 0.3) is 0 Å². The van der Waals surface area contributed by atoms with Crippen molar-refractivity contribution in [2.75, 3.05) is 14.2 Å². The van der Waals surface area contributed by atoms with Crippen molar-refractivity contribution in [2.45, 2.75) is 26.3 Å². The highest BCUT2D eigenvalue weighted by molar-refractivity contribution is 5.76. The molecule has 0 aliphatic carbocycles. The van der Waals surface area contributed by atoms with Crippen molar-refractivity contribution in [3.63, 3.8) is 0 Å². The van der Waals surface area contributed by atoms with Gasteiger partial charge >= 0.3 is 0 Å². The predicted octanol–water partition coefficient (Wildman–Crippen LogP) is 2.58. The number of amides is 1. The largest absolute Gasteiger partial charge is 0.497 e. The molecule has 0 saturated heterocycles. The lowest BCUT2D eigenvalue weighted by molar-refractivity contribution is -0.130. The van der Waals surface area contributed by atoms with Gasteiger partial charge < -0.3 is 14.2 Å². The molecule has 112 valence electrons. The molecule has 1 aromatic carbocycles. The highest BCUT2D eigenvalue weighted by atomic mass is 16.5. The number of carbonyl (C=O) groups excluding carboxylic acids is 1. The minimum atomic E-state index is 0.0893. The van der Waals surface area contributed by atoms with Crippen LogP contribution in [0.3, 0.4) is 0 Å². The first-order valence-corrected chi connectivity index (χ1v) is 6.87. The van der Waals surface area contributed by atoms with Crippen LogP contribution in [0.1, 0.15) is 23.4 Å². The van der Waals surface area contributed by atoms with E-state index in [4.69, 9.17) is 9.26 Å². The molecule has 0 spiro atoms. The Kier molecular flexibility index (Phi) is 4.98. The van der Waals surface area contributed by atoms with Crippen molar-refractivity contribution in [1.29, 1.82) is 0 Å². The van der Waals surface area contributed by atoms with E-state index in [0.29, 0.717) is 19.4 Å². The molecule has 0 aliphatic rings. The maximum absolute atomic E-state index is 12.1. The lowest BCUT2D eigenvalue weighted by Crippen LogP contribution is -2.26. The van der Waals surface area contributed by atoms with Gasteiger partial charge in [-0.1, -0.05) is 17.3 Å². The van der Waals surface area contributed by atoms with E-state index in [1.807, 2.05) is 37.3 Å². The third-order valence-corrected chi connectivity index (χ3v) is 3.29. The van der Waals surface area contributed by atoms with Crippen LogP contribution in [0.4, 0.5) is 0 Å². The minimum absolute atomic E-state index is 0.0893. The molecule has 21 heavy (non-hydrogen) atoms. The summed E-state index contributed by atoms with van der Waals surface area (Å²) in [6, 6.07) is 9.61. The Labute approximate surface area is 124 Å². The van der Waals surface area contributed by atoms with E-state index < -0.39 is 0 Å². The van der Waals surface area contributed by atoms with Gasteiger partial charge in [0.05, 0.1) is 13.7 Å². The van der Waals surface area contributed by atoms with Crippen LogP contribution in [-0.2, 0) is 17.8 Å². The van der Waals surface area contributed by atoms with Crippen LogP contribution in [0.15, 0.2) is 34.9 Å². The second-order valence-corrected chi connectivity index (χ2v) is 5.03. The van der Waals surface area contributed by atoms with Gasteiger partial charge in [0.15, 0.2) is 0 Å². The molecule has 0 aliphatic heterocycles. The number of methoxy groups -OCH3 is 1. The smallest absolute Gasteiger partial charge is 0.222 e. The molecule has 0 radical (unpaired) electrons. The molecule has 0 saturated carbocycles. The molecule has 5 heteroatoms. The number of ether oxygens (including phenoxy) is 1. The first-order valence-electron chi connectivity index (χ1n) is 6.87. The number of aromatic nitrogens is 1. The molecular formula is C16H20N2O3. The van der Waals surface area contributed by atoms with Gasteiger partial charge in [-0.25, -0.2) is 0 Å². The lowest BCUT2D eigenvalue weighted by atomic mass is 10.1. The molecule has 0 fully saturated rings. The molecule has 0 atom stereocenters. The van der Waals surface area contributed by atoms with E-state index in [2.05, 4.69) is 5.16 Å². The molecule has 1 heterocycles. The van der Waals surface area contributed by atoms with Crippen LogP contribution < -0.4 is 4.74 Å². The van der Waals surface area contributed by atoms with Gasteiger partial charge in [-0.15, -0.1) is 0 Å². The zero-order chi connectivity index (χ0) is 15.2. The summed E-state index contributed by atoms with van der Waals surface area (Å²) in [6.07, 6.45) is 1.19. The van der Waals surface area contributed by atoms with Crippen molar-refractivity contribution in [1.82, 2.24) is 10.1 Å². The molecule has 0 N–H and O–H groups in total. The first-order chi connectivity index (χ1) is 10.1. The van der Waals surface area contributed by atoms with Gasteiger partial charge in [0.2, 0.25) is 5.91 Å². The SMILES string of the molecule is COc1ccc(CCC(=O)N(C)Cc2cc(C)on2)cc1. The normalized spacial score (nSPS) is 10.4. The van der Waals surface area contributed by atoms with Crippen molar-refractivity contribution < 1.29 is 14.1 Å². The molecule has 2 aromatic rings. The molecule has 1 amide bonds. The highest BCUT2D eigenvalue weighted by Gasteiger charge is 2.11. The second-order valence-electron chi connectivity index (χ2n) is 5.03. The average Bonchev–Trinajstić information content (AvgIpc) is 2.90. The van der Waals surface area contributed by atoms with E-state index in [1.54, 1.807) is 19.1 Å². The number of nitrogens with zero attached hydrogens (tertiary/aromatic N) is 2. The van der Waals surface area contributed by atoms with E-state index >= 15 is 0 Å². The molecule has 0 bridgehead atoms. The summed E-state index contributed by atoms with van der Waals surface area (Å²) in [4.78, 5) is 13.8. The Balaban J connectivity index is 1.82. The average molecular weight is 288 g/mol. The summed E-state index contributed by atoms with van der Waals surface area (Å²) in [5.41, 5.74) is 1.89. The third kappa shape index (κ3) is 4.34. The van der Waals surface area contributed by atoms with Crippen LogP contribution in [-0.4, -0.2) is 30.1 Å². The fourth-order valence-electron chi connectivity index (χ4n) is 2.06. The van der Waals surface area contributed by atoms with Crippen LogP contribution in [0.25, 0.3) is 0 Å². The van der Waals surface area contributed by atoms with Crippen LogP contribution in [0.5, 0.6) is 5.75 Å². The lowest BCUT2D eigenvalue weighted by Gasteiger charge is -2.15. The number of hydrogen-bond donors (Lipinski definition) is 0. The Morgan fingerprint density at radius 2 is 2.05 bits per heavy atom. The molecule has 2 rings (SSSR count). The van der Waals surface area contributed by atoms with Crippen LogP contribution >= 0.6 is 0 Å². The fraction of sp³-hybridized carbons (Fsp3) is 0.375. The van der Waals surface area contributed by atoms with Gasteiger partial charge in [-0.3, -0.25) is 4.79 Å². The fourth-order valence-corrected chi connectivity index (χ4v) is 2.06. The Bertz CT molecular complexity index is 590. The van der Waals surface area contributed by atoms with E-state index in [-0.39, 0.29) is 5.91 Å². The summed E-state index contributed by atoms with van der Waals surface area (Å²) < 4.78 is 10.1. The first kappa shape index (κ1) is 15.1. The Hall–Kier alpha value is -2.30. The quantitative estimate of drug-likeness (QED) is 0.820. The van der Waals surface area contributed by atoms with Crippen molar-refractivity contribution >= 4 is 5.91 Å². The number of rotatable bonds is 6. The van der Waals surface area contributed by atoms with E-state index in [0.717, 1.165) is 22.8 Å². The molecule has 0 unspecified atom stereocenters. The van der Waals surface area contributed by atoms with Crippen molar-refractivity contribution in [2.24, 2.45) is 0 Å². The van der Waals surface area contributed by atoms with Crippen molar-refractivity contribution in [3.8, 4) is 5.75 Å². The van der Waals surface area contributed by atoms with E-state index in [9.17, 15) is 4.79 Å². The maximum Gasteiger partial charge on any atom is 0.222 e. The Morgan fingerprint density at radius 3 is 2.62 bits per heavy atom. The second kappa shape index (κ2) is 6.92. The van der Waals surface area contributed by atoms with Gasteiger partial charge in [0.1, 0.15) is 17.2 Å². The predicted molar refractivity (Wildman–Crippen MR) is 79.0 cm³/mol. The summed E-state index contributed by atoms with van der Waals surface area (Å²) in [6.45, 7) is 2.31. The zero-order valence-corrected chi connectivity index (χ0v) is 12.6. The van der Waals surface area contributed by atoms with Crippen molar-refractivity contribution in [3.05, 3.63) is 47.3 Å². The summed E-state index contributed by atoms with van der Waals surface area (Å²) in [5, 5.41) is 3.89. The number of carbonyl (C=O) groups is 1. The number of aryl methyl sites for hydroxylation is 2.